The fourth-order valence-corrected chi connectivity index (χ4v) is 4.78. The van der Waals surface area contributed by atoms with E-state index >= 15 is 0 Å². The first-order valence-corrected chi connectivity index (χ1v) is 10.9. The van der Waals surface area contributed by atoms with Crippen molar-refractivity contribution in [2.24, 2.45) is 16.0 Å². The van der Waals surface area contributed by atoms with Crippen molar-refractivity contribution in [1.82, 2.24) is 9.58 Å². The van der Waals surface area contributed by atoms with Gasteiger partial charge in [-0.3, -0.25) is 10.2 Å². The molecule has 3 heterocycles. The van der Waals surface area contributed by atoms with Crippen LogP contribution >= 0.6 is 11.8 Å². The van der Waals surface area contributed by atoms with E-state index in [0.717, 1.165) is 39.9 Å². The number of methoxy groups -OCH3 is 1. The third-order valence-electron chi connectivity index (χ3n) is 5.18. The number of aliphatic imine (C=N–C) groups is 1. The van der Waals surface area contributed by atoms with Crippen LogP contribution < -0.4 is 4.74 Å². The van der Waals surface area contributed by atoms with Crippen LogP contribution in [0.4, 0.5) is 0 Å². The highest BCUT2D eigenvalue weighted by Crippen LogP contribution is 2.31. The summed E-state index contributed by atoms with van der Waals surface area (Å²) in [5.41, 5.74) is 4.13. The van der Waals surface area contributed by atoms with E-state index in [1.54, 1.807) is 13.2 Å². The second-order valence-corrected chi connectivity index (χ2v) is 9.01. The molecule has 0 saturated carbocycles. The number of rotatable bonds is 5. The van der Waals surface area contributed by atoms with Gasteiger partial charge in [-0.2, -0.15) is 15.1 Å². The van der Waals surface area contributed by atoms with Gasteiger partial charge in [0, 0.05) is 23.5 Å². The first-order chi connectivity index (χ1) is 14.8. The topological polar surface area (TPSA) is 83.0 Å². The van der Waals surface area contributed by atoms with Gasteiger partial charge in [0.05, 0.1) is 12.7 Å². The lowest BCUT2D eigenvalue weighted by atomic mass is 10.1. The van der Waals surface area contributed by atoms with Crippen LogP contribution in [0.25, 0.3) is 11.8 Å². The molecule has 0 atom stereocenters. The minimum absolute atomic E-state index is 0.0653. The molecule has 160 valence electrons. The highest BCUT2D eigenvalue weighted by Gasteiger charge is 2.35. The van der Waals surface area contributed by atoms with E-state index in [0.29, 0.717) is 11.1 Å². The normalized spacial score (nSPS) is 17.4. The number of ether oxygens (including phenoxy) is 1. The number of hydrogen-bond donors (Lipinski definition) is 1. The Morgan fingerprint density at radius 3 is 2.58 bits per heavy atom. The Bertz CT molecular complexity index is 1160. The zero-order valence-electron chi connectivity index (χ0n) is 18.3. The summed E-state index contributed by atoms with van der Waals surface area (Å²) in [4.78, 5) is 16.9. The van der Waals surface area contributed by atoms with Gasteiger partial charge in [0.25, 0.3) is 5.91 Å². The lowest BCUT2D eigenvalue weighted by Crippen LogP contribution is -2.35. The highest BCUT2D eigenvalue weighted by molar-refractivity contribution is 8.26. The van der Waals surface area contributed by atoms with Gasteiger partial charge in [0.15, 0.2) is 5.84 Å². The second kappa shape index (κ2) is 8.19. The molecule has 0 spiro atoms. The zero-order chi connectivity index (χ0) is 22.3. The number of hydrazone groups is 1. The van der Waals surface area contributed by atoms with Crippen LogP contribution in [0.15, 0.2) is 46.0 Å². The number of nitrogens with one attached hydrogen (secondary N) is 1. The molecule has 1 aromatic heterocycles. The maximum atomic E-state index is 12.7. The number of fused-ring (bicyclic) bond motifs is 1. The molecule has 2 aromatic rings. The van der Waals surface area contributed by atoms with Crippen LogP contribution in [-0.2, 0) is 4.79 Å². The monoisotopic (exact) mass is 435 g/mol. The predicted octanol–water partition coefficient (Wildman–Crippen LogP) is 4.77. The van der Waals surface area contributed by atoms with Gasteiger partial charge < -0.3 is 9.30 Å². The number of aromatic nitrogens is 1. The first kappa shape index (κ1) is 21.1. The molecule has 7 nitrogen and oxygen atoms in total. The summed E-state index contributed by atoms with van der Waals surface area (Å²) in [7, 11) is 1.64. The summed E-state index contributed by atoms with van der Waals surface area (Å²) in [5.74, 6) is 0.898. The molecule has 2 aliphatic rings. The molecule has 1 N–H and O–H groups in total. The zero-order valence-corrected chi connectivity index (χ0v) is 19.1. The first-order valence-electron chi connectivity index (χ1n) is 10.1. The van der Waals surface area contributed by atoms with E-state index < -0.39 is 5.91 Å². The van der Waals surface area contributed by atoms with E-state index in [1.165, 1.54) is 16.8 Å². The van der Waals surface area contributed by atoms with Crippen molar-refractivity contribution < 1.29 is 9.53 Å². The van der Waals surface area contributed by atoms with Crippen LogP contribution in [0.3, 0.4) is 0 Å². The van der Waals surface area contributed by atoms with E-state index in [-0.39, 0.29) is 11.4 Å². The largest absolute Gasteiger partial charge is 0.497 e. The van der Waals surface area contributed by atoms with Crippen molar-refractivity contribution in [2.45, 2.75) is 34.1 Å². The molecule has 1 amide bonds. The maximum absolute atomic E-state index is 12.7. The smallest absolute Gasteiger partial charge is 0.283 e. The Morgan fingerprint density at radius 2 is 1.94 bits per heavy atom. The second-order valence-electron chi connectivity index (χ2n) is 7.97. The Morgan fingerprint density at radius 1 is 1.23 bits per heavy atom. The summed E-state index contributed by atoms with van der Waals surface area (Å²) in [6, 6.07) is 9.83. The van der Waals surface area contributed by atoms with Gasteiger partial charge in [0.2, 0.25) is 5.17 Å². The molecule has 31 heavy (non-hydrogen) atoms. The minimum Gasteiger partial charge on any atom is -0.497 e. The number of amidine groups is 2. The molecule has 0 fully saturated rings. The number of carbonyl (C=O) groups is 1. The number of aryl methyl sites for hydroxylation is 1. The number of nitrogens with zero attached hydrogens (tertiary/aromatic N) is 4. The van der Waals surface area contributed by atoms with Crippen LogP contribution in [0.2, 0.25) is 0 Å². The van der Waals surface area contributed by atoms with Gasteiger partial charge >= 0.3 is 0 Å². The number of thioether (sulfide) groups is 1. The molecule has 0 aliphatic carbocycles. The van der Waals surface area contributed by atoms with Gasteiger partial charge in [-0.05, 0) is 73.5 Å². The maximum Gasteiger partial charge on any atom is 0.283 e. The number of carbonyl (C=O) groups excluding carboxylic acids is 1. The highest BCUT2D eigenvalue weighted by atomic mass is 32.2. The Hall–Kier alpha value is -3.13. The Balaban J connectivity index is 1.68. The number of hydrogen-bond acceptors (Lipinski definition) is 5. The standard InChI is InChI=1S/C23H25N5O2S/c1-13(2)10-20-26-28-21(24)19(22(29)25-23(28)31-20)12-16-11-14(3)27(15(16)4)17-6-8-18(30-5)9-7-17/h6-9,11-13,24H,10H2,1-5H3/b19-12+,24-21?. The van der Waals surface area contributed by atoms with Gasteiger partial charge in [0.1, 0.15) is 10.8 Å². The molecule has 0 radical (unpaired) electrons. The summed E-state index contributed by atoms with van der Waals surface area (Å²) >= 11 is 1.37. The average Bonchev–Trinajstić information content (AvgIpc) is 3.24. The molecule has 0 bridgehead atoms. The SMILES string of the molecule is COc1ccc(-n2c(C)cc(/C=C3\C(=N)N4N=C(CC(C)C)SC4=NC3=O)c2C)cc1. The predicted molar refractivity (Wildman–Crippen MR) is 126 cm³/mol. The van der Waals surface area contributed by atoms with Crippen LogP contribution in [0.1, 0.15) is 37.2 Å². The van der Waals surface area contributed by atoms with Gasteiger partial charge in [-0.25, -0.2) is 0 Å². The molecule has 4 rings (SSSR count). The summed E-state index contributed by atoms with van der Waals surface area (Å²) < 4.78 is 7.36. The Kier molecular flexibility index (Phi) is 5.58. The fourth-order valence-electron chi connectivity index (χ4n) is 3.68. The van der Waals surface area contributed by atoms with Crippen LogP contribution in [-0.4, -0.2) is 38.6 Å². The van der Waals surface area contributed by atoms with Crippen LogP contribution in [0, 0.1) is 25.2 Å². The third-order valence-corrected chi connectivity index (χ3v) is 6.11. The molecule has 0 saturated heterocycles. The van der Waals surface area contributed by atoms with Crippen molar-refractivity contribution in [3.63, 3.8) is 0 Å². The van der Waals surface area contributed by atoms with Gasteiger partial charge in [-0.15, -0.1) is 0 Å². The number of amides is 1. The van der Waals surface area contributed by atoms with Crippen molar-refractivity contribution in [3.8, 4) is 11.4 Å². The lowest BCUT2D eigenvalue weighted by Gasteiger charge is -2.20. The average molecular weight is 436 g/mol. The molecule has 1 aromatic carbocycles. The summed E-state index contributed by atoms with van der Waals surface area (Å²) in [6.45, 7) is 8.24. The molecule has 2 aliphatic heterocycles. The molecular weight excluding hydrogens is 410 g/mol. The van der Waals surface area contributed by atoms with E-state index in [9.17, 15) is 4.79 Å². The molecule has 0 unspecified atom stereocenters. The van der Waals surface area contributed by atoms with Crippen molar-refractivity contribution in [1.29, 1.82) is 5.41 Å². The molecular formula is C23H25N5O2S. The quantitative estimate of drug-likeness (QED) is 0.686. The van der Waals surface area contributed by atoms with Crippen molar-refractivity contribution >= 4 is 39.8 Å². The lowest BCUT2D eigenvalue weighted by molar-refractivity contribution is -0.114. The minimum atomic E-state index is -0.404. The Labute approximate surface area is 186 Å². The van der Waals surface area contributed by atoms with E-state index in [1.807, 2.05) is 44.2 Å². The third kappa shape index (κ3) is 3.95. The van der Waals surface area contributed by atoms with E-state index in [2.05, 4.69) is 28.5 Å². The van der Waals surface area contributed by atoms with Gasteiger partial charge in [-0.1, -0.05) is 13.8 Å². The fraction of sp³-hybridized carbons (Fsp3) is 0.304. The number of benzene rings is 1. The van der Waals surface area contributed by atoms with E-state index in [4.69, 9.17) is 10.1 Å². The summed E-state index contributed by atoms with van der Waals surface area (Å²) in [6.07, 6.45) is 2.54. The molecule has 8 heteroatoms. The van der Waals surface area contributed by atoms with Crippen LogP contribution in [0.5, 0.6) is 5.75 Å². The van der Waals surface area contributed by atoms with Crippen molar-refractivity contribution in [3.05, 3.63) is 52.9 Å². The summed E-state index contributed by atoms with van der Waals surface area (Å²) in [5, 5.41) is 15.9. The van der Waals surface area contributed by atoms with Crippen molar-refractivity contribution in [2.75, 3.05) is 7.11 Å².